The number of nitrogens with zero attached hydrogens (tertiary/aromatic N) is 1. The number of para-hydroxylation sites is 1. The first-order valence-electron chi connectivity index (χ1n) is 10.4. The SMILES string of the molecule is CCCOc1ccccc1/C=N/NC(=O)C12CC3CC(C)(CC(C)(C3)C1)C2. The van der Waals surface area contributed by atoms with Crippen molar-refractivity contribution in [3.05, 3.63) is 29.8 Å². The number of carbonyl (C=O) groups excluding carboxylic acids is 1. The molecule has 1 aromatic carbocycles. The molecule has 146 valence electrons. The zero-order valence-corrected chi connectivity index (χ0v) is 16.9. The van der Waals surface area contributed by atoms with E-state index in [2.05, 4.69) is 31.3 Å². The molecule has 0 aromatic heterocycles. The van der Waals surface area contributed by atoms with Crippen molar-refractivity contribution in [2.45, 2.75) is 65.7 Å². The van der Waals surface area contributed by atoms with E-state index < -0.39 is 0 Å². The third-order valence-corrected chi connectivity index (χ3v) is 6.86. The maximum Gasteiger partial charge on any atom is 0.246 e. The van der Waals surface area contributed by atoms with Crippen molar-refractivity contribution < 1.29 is 9.53 Å². The summed E-state index contributed by atoms with van der Waals surface area (Å²) in [5.41, 5.74) is 4.21. The van der Waals surface area contributed by atoms with Gasteiger partial charge in [-0.3, -0.25) is 4.79 Å². The molecule has 4 heteroatoms. The van der Waals surface area contributed by atoms with Gasteiger partial charge >= 0.3 is 0 Å². The Morgan fingerprint density at radius 2 is 1.89 bits per heavy atom. The van der Waals surface area contributed by atoms with E-state index in [0.717, 1.165) is 37.0 Å². The molecule has 1 aromatic rings. The van der Waals surface area contributed by atoms with Crippen molar-refractivity contribution in [3.8, 4) is 5.75 Å². The molecular formula is C23H32N2O2. The maximum absolute atomic E-state index is 13.2. The lowest BCUT2D eigenvalue weighted by molar-refractivity contribution is -0.170. The van der Waals surface area contributed by atoms with Gasteiger partial charge in [-0.1, -0.05) is 32.9 Å². The number of hydrogen-bond acceptors (Lipinski definition) is 3. The Morgan fingerprint density at radius 1 is 1.19 bits per heavy atom. The van der Waals surface area contributed by atoms with Gasteiger partial charge in [0.15, 0.2) is 0 Å². The predicted molar refractivity (Wildman–Crippen MR) is 108 cm³/mol. The van der Waals surface area contributed by atoms with Crippen molar-refractivity contribution in [1.82, 2.24) is 5.43 Å². The van der Waals surface area contributed by atoms with Crippen LogP contribution in [0.1, 0.15) is 71.3 Å². The highest BCUT2D eigenvalue weighted by Crippen LogP contribution is 2.69. The molecule has 1 amide bonds. The Bertz CT molecular complexity index is 739. The molecule has 5 rings (SSSR count). The highest BCUT2D eigenvalue weighted by atomic mass is 16.5. The van der Waals surface area contributed by atoms with Gasteiger partial charge in [0.05, 0.1) is 18.2 Å². The van der Waals surface area contributed by atoms with E-state index in [0.29, 0.717) is 23.4 Å². The molecule has 2 unspecified atom stereocenters. The third-order valence-electron chi connectivity index (χ3n) is 6.86. The summed E-state index contributed by atoms with van der Waals surface area (Å²) in [6, 6.07) is 7.83. The van der Waals surface area contributed by atoms with E-state index in [1.165, 1.54) is 19.3 Å². The molecule has 27 heavy (non-hydrogen) atoms. The summed E-state index contributed by atoms with van der Waals surface area (Å²) in [4.78, 5) is 13.2. The fraction of sp³-hybridized carbons (Fsp3) is 0.652. The highest BCUT2D eigenvalue weighted by Gasteiger charge is 2.62. The van der Waals surface area contributed by atoms with Crippen LogP contribution in [0.4, 0.5) is 0 Å². The summed E-state index contributed by atoms with van der Waals surface area (Å²) in [5, 5.41) is 4.31. The molecule has 0 aliphatic heterocycles. The minimum absolute atomic E-state index is 0.118. The van der Waals surface area contributed by atoms with Gasteiger partial charge in [-0.05, 0) is 73.8 Å². The smallest absolute Gasteiger partial charge is 0.246 e. The molecule has 1 N–H and O–H groups in total. The van der Waals surface area contributed by atoms with Gasteiger partial charge in [0.25, 0.3) is 0 Å². The van der Waals surface area contributed by atoms with E-state index in [1.807, 2.05) is 24.3 Å². The van der Waals surface area contributed by atoms with Crippen molar-refractivity contribution in [2.75, 3.05) is 6.61 Å². The highest BCUT2D eigenvalue weighted by molar-refractivity contribution is 5.87. The van der Waals surface area contributed by atoms with Crippen LogP contribution in [0.2, 0.25) is 0 Å². The minimum atomic E-state index is -0.224. The Kier molecular flexibility index (Phi) is 4.56. The Morgan fingerprint density at radius 3 is 2.56 bits per heavy atom. The quantitative estimate of drug-likeness (QED) is 0.572. The van der Waals surface area contributed by atoms with Crippen LogP contribution >= 0.6 is 0 Å². The number of amides is 1. The van der Waals surface area contributed by atoms with Crippen LogP contribution in [-0.2, 0) is 4.79 Å². The summed E-state index contributed by atoms with van der Waals surface area (Å²) in [6.07, 6.45) is 9.61. The first-order chi connectivity index (χ1) is 12.9. The summed E-state index contributed by atoms with van der Waals surface area (Å²) >= 11 is 0. The molecule has 4 nitrogen and oxygen atoms in total. The van der Waals surface area contributed by atoms with Gasteiger partial charge in [0.1, 0.15) is 5.75 Å². The Labute approximate surface area is 162 Å². The largest absolute Gasteiger partial charge is 0.493 e. The monoisotopic (exact) mass is 368 g/mol. The minimum Gasteiger partial charge on any atom is -0.493 e. The normalized spacial score (nSPS) is 36.9. The number of benzene rings is 1. The average Bonchev–Trinajstić information content (AvgIpc) is 2.57. The van der Waals surface area contributed by atoms with E-state index in [4.69, 9.17) is 4.74 Å². The zero-order chi connectivity index (χ0) is 19.1. The Balaban J connectivity index is 1.47. The lowest BCUT2D eigenvalue weighted by Gasteiger charge is -2.64. The van der Waals surface area contributed by atoms with Crippen LogP contribution in [0.25, 0.3) is 0 Å². The van der Waals surface area contributed by atoms with Crippen LogP contribution in [0.3, 0.4) is 0 Å². The number of carbonyl (C=O) groups is 1. The predicted octanol–water partition coefficient (Wildman–Crippen LogP) is 4.92. The van der Waals surface area contributed by atoms with Crippen molar-refractivity contribution >= 4 is 12.1 Å². The standard InChI is InChI=1S/C23H32N2O2/c1-4-9-27-19-8-6-5-7-18(19)13-24-25-20(26)23-12-17-10-21(2,15-23)14-22(3,11-17)16-23/h5-8,13,17H,4,9-12,14-16H2,1-3H3,(H,25,26)/b24-13+. The number of hydrogen-bond donors (Lipinski definition) is 1. The van der Waals surface area contributed by atoms with Crippen LogP contribution in [0, 0.1) is 22.2 Å². The number of nitrogens with one attached hydrogen (secondary N) is 1. The molecule has 0 saturated heterocycles. The molecule has 0 radical (unpaired) electrons. The first kappa shape index (κ1) is 18.5. The van der Waals surface area contributed by atoms with E-state index >= 15 is 0 Å². The molecule has 4 fully saturated rings. The lowest BCUT2D eigenvalue weighted by Crippen LogP contribution is -2.59. The van der Waals surface area contributed by atoms with Gasteiger partial charge < -0.3 is 4.74 Å². The Hall–Kier alpha value is -1.84. The topological polar surface area (TPSA) is 50.7 Å². The third kappa shape index (κ3) is 3.51. The van der Waals surface area contributed by atoms with Crippen molar-refractivity contribution in [1.29, 1.82) is 0 Å². The van der Waals surface area contributed by atoms with E-state index in [9.17, 15) is 4.79 Å². The molecule has 2 atom stereocenters. The molecule has 4 bridgehead atoms. The molecule has 4 saturated carbocycles. The van der Waals surface area contributed by atoms with Gasteiger partial charge in [0.2, 0.25) is 5.91 Å². The fourth-order valence-electron chi connectivity index (χ4n) is 6.91. The molecule has 4 aliphatic rings. The number of rotatable bonds is 6. The molecule has 0 heterocycles. The van der Waals surface area contributed by atoms with Gasteiger partial charge in [0, 0.05) is 5.56 Å². The second-order valence-electron chi connectivity index (χ2n) is 10.00. The van der Waals surface area contributed by atoms with Crippen molar-refractivity contribution in [2.24, 2.45) is 27.3 Å². The van der Waals surface area contributed by atoms with Crippen molar-refractivity contribution in [3.63, 3.8) is 0 Å². The molecular weight excluding hydrogens is 336 g/mol. The number of hydrazone groups is 1. The molecule has 0 spiro atoms. The lowest BCUT2D eigenvalue weighted by atomic mass is 9.40. The maximum atomic E-state index is 13.2. The van der Waals surface area contributed by atoms with Crippen LogP contribution in [-0.4, -0.2) is 18.7 Å². The second kappa shape index (κ2) is 6.65. The fourth-order valence-corrected chi connectivity index (χ4v) is 6.91. The van der Waals surface area contributed by atoms with Crippen LogP contribution in [0.15, 0.2) is 29.4 Å². The summed E-state index contributed by atoms with van der Waals surface area (Å²) in [7, 11) is 0. The van der Waals surface area contributed by atoms with Crippen LogP contribution in [0.5, 0.6) is 5.75 Å². The second-order valence-corrected chi connectivity index (χ2v) is 10.00. The summed E-state index contributed by atoms with van der Waals surface area (Å²) in [5.74, 6) is 1.63. The summed E-state index contributed by atoms with van der Waals surface area (Å²) < 4.78 is 5.77. The van der Waals surface area contributed by atoms with Gasteiger partial charge in [-0.15, -0.1) is 0 Å². The first-order valence-corrected chi connectivity index (χ1v) is 10.4. The molecule has 4 aliphatic carbocycles. The zero-order valence-electron chi connectivity index (χ0n) is 16.9. The van der Waals surface area contributed by atoms with Crippen LogP contribution < -0.4 is 10.2 Å². The number of ether oxygens (including phenoxy) is 1. The summed E-state index contributed by atoms with van der Waals surface area (Å²) in [6.45, 7) is 7.55. The van der Waals surface area contributed by atoms with Gasteiger partial charge in [-0.2, -0.15) is 5.10 Å². The van der Waals surface area contributed by atoms with Gasteiger partial charge in [-0.25, -0.2) is 5.43 Å². The van der Waals surface area contributed by atoms with E-state index in [-0.39, 0.29) is 11.3 Å². The van der Waals surface area contributed by atoms with E-state index in [1.54, 1.807) is 6.21 Å². The average molecular weight is 369 g/mol.